The van der Waals surface area contributed by atoms with Crippen molar-refractivity contribution in [2.45, 2.75) is 19.9 Å². The van der Waals surface area contributed by atoms with Crippen LogP contribution in [-0.4, -0.2) is 23.6 Å². The Morgan fingerprint density at radius 1 is 1.30 bits per heavy atom. The molecule has 0 saturated heterocycles. The van der Waals surface area contributed by atoms with Gasteiger partial charge >= 0.3 is 0 Å². The Kier molecular flexibility index (Phi) is 3.18. The van der Waals surface area contributed by atoms with Gasteiger partial charge in [0, 0.05) is 24.8 Å². The van der Waals surface area contributed by atoms with Crippen LogP contribution >= 0.6 is 0 Å². The lowest BCUT2D eigenvalue weighted by atomic mass is 9.98. The summed E-state index contributed by atoms with van der Waals surface area (Å²) in [5, 5.41) is 0. The number of ether oxygens (including phenoxy) is 1. The third-order valence-corrected chi connectivity index (χ3v) is 3.64. The quantitative estimate of drug-likeness (QED) is 0.845. The Morgan fingerprint density at radius 2 is 2.15 bits per heavy atom. The topological polar surface area (TPSA) is 64.3 Å². The normalized spacial score (nSPS) is 14.0. The summed E-state index contributed by atoms with van der Waals surface area (Å²) in [6.07, 6.45) is 0.938. The second kappa shape index (κ2) is 5.00. The van der Waals surface area contributed by atoms with Crippen LogP contribution in [0, 0.1) is 6.92 Å². The smallest absolute Gasteiger partial charge is 0.218 e. The van der Waals surface area contributed by atoms with Crippen molar-refractivity contribution in [3.8, 4) is 5.88 Å². The lowest BCUT2D eigenvalue weighted by Gasteiger charge is -2.30. The number of nitrogen functional groups attached to an aromatic ring is 1. The average molecular weight is 270 g/mol. The molecular weight excluding hydrogens is 252 g/mol. The van der Waals surface area contributed by atoms with Crippen LogP contribution in [-0.2, 0) is 13.0 Å². The fourth-order valence-corrected chi connectivity index (χ4v) is 2.63. The lowest BCUT2D eigenvalue weighted by molar-refractivity contribution is 0.395. The molecule has 0 bridgehead atoms. The van der Waals surface area contributed by atoms with Gasteiger partial charge in [0.05, 0.1) is 7.11 Å². The standard InChI is InChI=1S/C15H18N4O/c1-10-17-14(8-15(18-10)20-2)19-7-6-12-11(9-19)4-3-5-13(12)16/h3-5,8H,6-7,9,16H2,1-2H3. The van der Waals surface area contributed by atoms with E-state index in [-0.39, 0.29) is 0 Å². The van der Waals surface area contributed by atoms with Crippen molar-refractivity contribution >= 4 is 11.5 Å². The second-order valence-corrected chi connectivity index (χ2v) is 4.97. The first-order valence-electron chi connectivity index (χ1n) is 6.68. The van der Waals surface area contributed by atoms with Gasteiger partial charge in [-0.1, -0.05) is 12.1 Å². The molecule has 1 aromatic carbocycles. The van der Waals surface area contributed by atoms with Gasteiger partial charge in [-0.05, 0) is 30.5 Å². The van der Waals surface area contributed by atoms with E-state index in [0.29, 0.717) is 5.88 Å². The third kappa shape index (κ3) is 2.27. The molecule has 2 aromatic rings. The highest BCUT2D eigenvalue weighted by Gasteiger charge is 2.19. The van der Waals surface area contributed by atoms with E-state index in [0.717, 1.165) is 36.8 Å². The molecule has 0 fully saturated rings. The first-order valence-corrected chi connectivity index (χ1v) is 6.68. The van der Waals surface area contributed by atoms with E-state index in [1.165, 1.54) is 11.1 Å². The summed E-state index contributed by atoms with van der Waals surface area (Å²) in [6, 6.07) is 7.98. The minimum atomic E-state index is 0.603. The highest BCUT2D eigenvalue weighted by atomic mass is 16.5. The summed E-state index contributed by atoms with van der Waals surface area (Å²) in [7, 11) is 1.62. The maximum Gasteiger partial charge on any atom is 0.218 e. The van der Waals surface area contributed by atoms with E-state index in [2.05, 4.69) is 20.9 Å². The minimum absolute atomic E-state index is 0.603. The zero-order chi connectivity index (χ0) is 14.1. The number of nitrogens with zero attached hydrogens (tertiary/aromatic N) is 3. The molecule has 0 amide bonds. The average Bonchev–Trinajstić information content (AvgIpc) is 2.46. The maximum absolute atomic E-state index is 6.03. The molecule has 20 heavy (non-hydrogen) atoms. The number of fused-ring (bicyclic) bond motifs is 1. The van der Waals surface area contributed by atoms with Gasteiger partial charge in [0.15, 0.2) is 0 Å². The molecule has 5 heteroatoms. The largest absolute Gasteiger partial charge is 0.481 e. The highest BCUT2D eigenvalue weighted by Crippen LogP contribution is 2.27. The minimum Gasteiger partial charge on any atom is -0.481 e. The second-order valence-electron chi connectivity index (χ2n) is 4.97. The fourth-order valence-electron chi connectivity index (χ4n) is 2.63. The zero-order valence-corrected chi connectivity index (χ0v) is 11.8. The van der Waals surface area contributed by atoms with Crippen LogP contribution in [0.25, 0.3) is 0 Å². The van der Waals surface area contributed by atoms with Crippen molar-refractivity contribution in [2.24, 2.45) is 0 Å². The fraction of sp³-hybridized carbons (Fsp3) is 0.333. The lowest BCUT2D eigenvalue weighted by Crippen LogP contribution is -2.31. The molecule has 1 aromatic heterocycles. The van der Waals surface area contributed by atoms with Gasteiger partial charge in [0.25, 0.3) is 0 Å². The van der Waals surface area contributed by atoms with E-state index in [1.54, 1.807) is 7.11 Å². The summed E-state index contributed by atoms with van der Waals surface area (Å²) < 4.78 is 5.22. The van der Waals surface area contributed by atoms with Crippen LogP contribution in [0.4, 0.5) is 11.5 Å². The first-order chi connectivity index (χ1) is 9.67. The van der Waals surface area contributed by atoms with Crippen molar-refractivity contribution in [3.05, 3.63) is 41.2 Å². The predicted molar refractivity (Wildman–Crippen MR) is 78.9 cm³/mol. The Hall–Kier alpha value is -2.30. The molecule has 0 radical (unpaired) electrons. The van der Waals surface area contributed by atoms with Crippen molar-refractivity contribution < 1.29 is 4.74 Å². The number of rotatable bonds is 2. The Labute approximate surface area is 118 Å². The van der Waals surface area contributed by atoms with Gasteiger partial charge in [-0.15, -0.1) is 0 Å². The van der Waals surface area contributed by atoms with E-state index in [1.807, 2.05) is 25.1 Å². The molecule has 104 valence electrons. The van der Waals surface area contributed by atoms with Crippen molar-refractivity contribution in [1.29, 1.82) is 0 Å². The van der Waals surface area contributed by atoms with Crippen LogP contribution in [0.2, 0.25) is 0 Å². The summed E-state index contributed by atoms with van der Waals surface area (Å²) >= 11 is 0. The molecule has 0 aliphatic carbocycles. The maximum atomic E-state index is 6.03. The van der Waals surface area contributed by atoms with Crippen LogP contribution < -0.4 is 15.4 Å². The summed E-state index contributed by atoms with van der Waals surface area (Å²) in [4.78, 5) is 11.0. The van der Waals surface area contributed by atoms with Gasteiger partial charge in [0.1, 0.15) is 11.6 Å². The molecule has 1 aliphatic rings. The molecular formula is C15H18N4O. The third-order valence-electron chi connectivity index (χ3n) is 3.64. The molecule has 0 atom stereocenters. The molecule has 0 unspecified atom stereocenters. The van der Waals surface area contributed by atoms with E-state index < -0.39 is 0 Å². The van der Waals surface area contributed by atoms with E-state index >= 15 is 0 Å². The van der Waals surface area contributed by atoms with Gasteiger partial charge in [-0.25, -0.2) is 4.98 Å². The van der Waals surface area contributed by atoms with Crippen molar-refractivity contribution in [1.82, 2.24) is 9.97 Å². The number of methoxy groups -OCH3 is 1. The van der Waals surface area contributed by atoms with E-state index in [9.17, 15) is 0 Å². The number of anilines is 2. The number of aryl methyl sites for hydroxylation is 1. The number of benzene rings is 1. The SMILES string of the molecule is COc1cc(N2CCc3c(N)cccc3C2)nc(C)n1. The molecule has 0 saturated carbocycles. The van der Waals surface area contributed by atoms with Gasteiger partial charge in [-0.2, -0.15) is 4.98 Å². The number of hydrogen-bond acceptors (Lipinski definition) is 5. The highest BCUT2D eigenvalue weighted by molar-refractivity contribution is 5.55. The van der Waals surface area contributed by atoms with Crippen LogP contribution in [0.5, 0.6) is 5.88 Å². The summed E-state index contributed by atoms with van der Waals surface area (Å²) in [6.45, 7) is 3.60. The molecule has 2 heterocycles. The predicted octanol–water partition coefficient (Wildman–Crippen LogP) is 1.94. The number of hydrogen-bond donors (Lipinski definition) is 1. The van der Waals surface area contributed by atoms with Crippen molar-refractivity contribution in [3.63, 3.8) is 0 Å². The van der Waals surface area contributed by atoms with E-state index in [4.69, 9.17) is 10.5 Å². The zero-order valence-electron chi connectivity index (χ0n) is 11.8. The van der Waals surface area contributed by atoms with Gasteiger partial charge < -0.3 is 15.4 Å². The Balaban J connectivity index is 1.92. The molecule has 2 N–H and O–H groups in total. The molecule has 5 nitrogen and oxygen atoms in total. The van der Waals surface area contributed by atoms with Crippen LogP contribution in [0.1, 0.15) is 17.0 Å². The summed E-state index contributed by atoms with van der Waals surface area (Å²) in [5.74, 6) is 2.23. The molecule has 1 aliphatic heterocycles. The van der Waals surface area contributed by atoms with Crippen molar-refractivity contribution in [2.75, 3.05) is 24.3 Å². The summed E-state index contributed by atoms with van der Waals surface area (Å²) in [5.41, 5.74) is 9.45. The first kappa shape index (κ1) is 12.7. The number of aromatic nitrogens is 2. The van der Waals surface area contributed by atoms with Gasteiger partial charge in [-0.3, -0.25) is 0 Å². The molecule has 0 spiro atoms. The monoisotopic (exact) mass is 270 g/mol. The number of nitrogens with two attached hydrogens (primary N) is 1. The van der Waals surface area contributed by atoms with Crippen LogP contribution in [0.15, 0.2) is 24.3 Å². The van der Waals surface area contributed by atoms with Gasteiger partial charge in [0.2, 0.25) is 5.88 Å². The van der Waals surface area contributed by atoms with Crippen LogP contribution in [0.3, 0.4) is 0 Å². The Morgan fingerprint density at radius 3 is 2.95 bits per heavy atom. The molecule has 3 rings (SSSR count). The Bertz CT molecular complexity index is 642.